The van der Waals surface area contributed by atoms with Crippen LogP contribution in [0.5, 0.6) is 0 Å². The van der Waals surface area contributed by atoms with Crippen LogP contribution in [0.15, 0.2) is 54.7 Å². The van der Waals surface area contributed by atoms with E-state index in [-0.39, 0.29) is 5.97 Å². The number of fused-ring (bicyclic) bond motifs is 1. The third kappa shape index (κ3) is 3.46. The number of esters is 1. The Bertz CT molecular complexity index is 853. The zero-order valence-electron chi connectivity index (χ0n) is 14.1. The zero-order valence-corrected chi connectivity index (χ0v) is 14.1. The minimum Gasteiger partial charge on any atom is -0.462 e. The lowest BCUT2D eigenvalue weighted by molar-refractivity contribution is 0.0526. The molecule has 0 aliphatic heterocycles. The number of hydrogen-bond acceptors (Lipinski definition) is 3. The number of benzene rings is 2. The summed E-state index contributed by atoms with van der Waals surface area (Å²) in [6, 6.07) is 16.6. The maximum Gasteiger partial charge on any atom is 0.339 e. The van der Waals surface area contributed by atoms with Gasteiger partial charge in [-0.05, 0) is 48.2 Å². The van der Waals surface area contributed by atoms with Crippen molar-refractivity contribution in [2.24, 2.45) is 0 Å². The van der Waals surface area contributed by atoms with Crippen LogP contribution in [0.3, 0.4) is 0 Å². The lowest BCUT2D eigenvalue weighted by Crippen LogP contribution is -2.04. The molecule has 2 aromatic carbocycles. The van der Waals surface area contributed by atoms with Gasteiger partial charge in [0.1, 0.15) is 0 Å². The van der Waals surface area contributed by atoms with Crippen molar-refractivity contribution in [3.05, 3.63) is 65.9 Å². The molecule has 0 aliphatic carbocycles. The van der Waals surface area contributed by atoms with Gasteiger partial charge in [0.05, 0.1) is 17.7 Å². The van der Waals surface area contributed by atoms with Gasteiger partial charge in [-0.2, -0.15) is 0 Å². The van der Waals surface area contributed by atoms with Gasteiger partial charge in [-0.25, -0.2) is 4.79 Å². The number of hydrogen-bond donors (Lipinski definition) is 0. The van der Waals surface area contributed by atoms with Crippen LogP contribution in [0, 0.1) is 0 Å². The first kappa shape index (κ1) is 16.2. The highest BCUT2D eigenvalue weighted by Crippen LogP contribution is 2.25. The Morgan fingerprint density at radius 2 is 1.75 bits per heavy atom. The second kappa shape index (κ2) is 7.26. The van der Waals surface area contributed by atoms with E-state index >= 15 is 0 Å². The van der Waals surface area contributed by atoms with Gasteiger partial charge in [0.25, 0.3) is 0 Å². The quantitative estimate of drug-likeness (QED) is 0.619. The van der Waals surface area contributed by atoms with E-state index in [1.807, 2.05) is 12.1 Å². The van der Waals surface area contributed by atoms with Crippen LogP contribution in [-0.2, 0) is 11.2 Å². The van der Waals surface area contributed by atoms with Gasteiger partial charge in [-0.15, -0.1) is 0 Å². The third-order valence-electron chi connectivity index (χ3n) is 4.02. The molecule has 0 aliphatic rings. The summed E-state index contributed by atoms with van der Waals surface area (Å²) in [7, 11) is 0. The van der Waals surface area contributed by atoms with Crippen LogP contribution < -0.4 is 0 Å². The second-order valence-corrected chi connectivity index (χ2v) is 5.80. The fourth-order valence-corrected chi connectivity index (χ4v) is 2.79. The van der Waals surface area contributed by atoms with E-state index in [1.165, 1.54) is 11.1 Å². The van der Waals surface area contributed by atoms with Crippen LogP contribution in [0.2, 0.25) is 0 Å². The fraction of sp³-hybridized carbons (Fsp3) is 0.238. The van der Waals surface area contributed by atoms with Crippen LogP contribution in [-0.4, -0.2) is 17.6 Å². The average Bonchev–Trinajstić information content (AvgIpc) is 2.62. The summed E-state index contributed by atoms with van der Waals surface area (Å²) in [5.41, 5.74) is 4.99. The molecule has 3 heteroatoms. The van der Waals surface area contributed by atoms with Gasteiger partial charge >= 0.3 is 5.97 Å². The largest absolute Gasteiger partial charge is 0.462 e. The van der Waals surface area contributed by atoms with Gasteiger partial charge < -0.3 is 4.74 Å². The number of pyridine rings is 1. The van der Waals surface area contributed by atoms with E-state index in [1.54, 1.807) is 13.1 Å². The second-order valence-electron chi connectivity index (χ2n) is 5.80. The molecule has 0 saturated carbocycles. The molecular formula is C21H21NO2. The van der Waals surface area contributed by atoms with Crippen molar-refractivity contribution in [1.29, 1.82) is 0 Å². The van der Waals surface area contributed by atoms with E-state index in [9.17, 15) is 4.79 Å². The normalized spacial score (nSPS) is 10.8. The maximum absolute atomic E-state index is 11.9. The number of ether oxygens (including phenoxy) is 1. The molecule has 0 saturated heterocycles. The number of rotatable bonds is 5. The van der Waals surface area contributed by atoms with Crippen LogP contribution in [0.25, 0.3) is 22.0 Å². The van der Waals surface area contributed by atoms with Crippen molar-refractivity contribution in [3.63, 3.8) is 0 Å². The molecular weight excluding hydrogens is 298 g/mol. The monoisotopic (exact) mass is 319 g/mol. The molecule has 1 heterocycles. The summed E-state index contributed by atoms with van der Waals surface area (Å²) >= 11 is 0. The molecule has 0 fully saturated rings. The summed E-state index contributed by atoms with van der Waals surface area (Å²) in [6.45, 7) is 4.35. The maximum atomic E-state index is 11.9. The standard InChI is InChI=1S/C21H21NO2/c1-3-5-15-6-8-16(9-7-15)17-10-11-20-18(12-17)13-19(14-22-20)21(23)24-4-2/h6-14H,3-5H2,1-2H3. The van der Waals surface area contributed by atoms with E-state index in [2.05, 4.69) is 48.3 Å². The van der Waals surface area contributed by atoms with E-state index in [0.29, 0.717) is 12.2 Å². The van der Waals surface area contributed by atoms with Gasteiger partial charge in [0, 0.05) is 11.6 Å². The van der Waals surface area contributed by atoms with E-state index in [4.69, 9.17) is 4.74 Å². The van der Waals surface area contributed by atoms with Crippen molar-refractivity contribution in [2.75, 3.05) is 6.61 Å². The Morgan fingerprint density at radius 1 is 1.00 bits per heavy atom. The summed E-state index contributed by atoms with van der Waals surface area (Å²) in [6.07, 6.45) is 3.82. The first-order chi connectivity index (χ1) is 11.7. The lowest BCUT2D eigenvalue weighted by Gasteiger charge is -2.07. The van der Waals surface area contributed by atoms with Crippen molar-refractivity contribution in [2.45, 2.75) is 26.7 Å². The fourth-order valence-electron chi connectivity index (χ4n) is 2.79. The van der Waals surface area contributed by atoms with E-state index in [0.717, 1.165) is 29.3 Å². The Hall–Kier alpha value is -2.68. The summed E-state index contributed by atoms with van der Waals surface area (Å²) in [4.78, 5) is 16.2. The molecule has 0 amide bonds. The molecule has 0 spiro atoms. The average molecular weight is 319 g/mol. The molecule has 122 valence electrons. The topological polar surface area (TPSA) is 39.2 Å². The molecule has 3 nitrogen and oxygen atoms in total. The molecule has 0 radical (unpaired) electrons. The van der Waals surface area contributed by atoms with Gasteiger partial charge in [-0.1, -0.05) is 43.7 Å². The number of carbonyl (C=O) groups is 1. The molecule has 24 heavy (non-hydrogen) atoms. The number of carbonyl (C=O) groups excluding carboxylic acids is 1. The highest BCUT2D eigenvalue weighted by molar-refractivity contribution is 5.94. The lowest BCUT2D eigenvalue weighted by atomic mass is 10.0. The molecule has 1 aromatic heterocycles. The Kier molecular flexibility index (Phi) is 4.90. The minimum atomic E-state index is -0.332. The molecule has 3 rings (SSSR count). The summed E-state index contributed by atoms with van der Waals surface area (Å²) in [5.74, 6) is -0.332. The number of nitrogens with zero attached hydrogens (tertiary/aromatic N) is 1. The van der Waals surface area contributed by atoms with Gasteiger partial charge in [-0.3, -0.25) is 4.98 Å². The van der Waals surface area contributed by atoms with Crippen molar-refractivity contribution < 1.29 is 9.53 Å². The van der Waals surface area contributed by atoms with Crippen LogP contribution in [0.4, 0.5) is 0 Å². The molecule has 0 N–H and O–H groups in total. The highest BCUT2D eigenvalue weighted by atomic mass is 16.5. The summed E-state index contributed by atoms with van der Waals surface area (Å²) in [5, 5.41) is 0.940. The van der Waals surface area contributed by atoms with Gasteiger partial charge in [0.15, 0.2) is 0 Å². The predicted molar refractivity (Wildman–Crippen MR) is 97.1 cm³/mol. The van der Waals surface area contributed by atoms with Crippen molar-refractivity contribution in [3.8, 4) is 11.1 Å². The molecule has 0 atom stereocenters. The Balaban J connectivity index is 1.95. The SMILES string of the molecule is CCCc1ccc(-c2ccc3ncc(C(=O)OCC)cc3c2)cc1. The number of aryl methyl sites for hydroxylation is 1. The molecule has 0 unspecified atom stereocenters. The Labute approximate surface area is 142 Å². The smallest absolute Gasteiger partial charge is 0.339 e. The molecule has 3 aromatic rings. The van der Waals surface area contributed by atoms with Crippen molar-refractivity contribution >= 4 is 16.9 Å². The van der Waals surface area contributed by atoms with E-state index < -0.39 is 0 Å². The third-order valence-corrected chi connectivity index (χ3v) is 4.02. The highest BCUT2D eigenvalue weighted by Gasteiger charge is 2.09. The first-order valence-electron chi connectivity index (χ1n) is 8.37. The van der Waals surface area contributed by atoms with Gasteiger partial charge in [0.2, 0.25) is 0 Å². The Morgan fingerprint density at radius 3 is 2.46 bits per heavy atom. The van der Waals surface area contributed by atoms with Crippen molar-refractivity contribution in [1.82, 2.24) is 4.98 Å². The van der Waals surface area contributed by atoms with Crippen LogP contribution >= 0.6 is 0 Å². The summed E-state index contributed by atoms with van der Waals surface area (Å²) < 4.78 is 5.05. The minimum absolute atomic E-state index is 0.332. The number of aromatic nitrogens is 1. The predicted octanol–water partition coefficient (Wildman–Crippen LogP) is 5.03. The molecule has 0 bridgehead atoms. The first-order valence-corrected chi connectivity index (χ1v) is 8.37. The van der Waals surface area contributed by atoms with Crippen LogP contribution in [0.1, 0.15) is 36.2 Å². The zero-order chi connectivity index (χ0) is 16.9.